The van der Waals surface area contributed by atoms with Gasteiger partial charge in [0.15, 0.2) is 0 Å². The number of hydrogen-bond donors (Lipinski definition) is 1. The van der Waals surface area contributed by atoms with E-state index in [4.69, 9.17) is 4.74 Å². The van der Waals surface area contributed by atoms with Crippen molar-refractivity contribution >= 4 is 21.8 Å². The van der Waals surface area contributed by atoms with E-state index in [1.807, 2.05) is 42.5 Å². The maximum atomic E-state index is 12.3. The molecule has 2 aromatic carbocycles. The van der Waals surface area contributed by atoms with Crippen molar-refractivity contribution in [1.82, 2.24) is 0 Å². The van der Waals surface area contributed by atoms with Crippen LogP contribution in [-0.4, -0.2) is 15.5 Å². The summed E-state index contributed by atoms with van der Waals surface area (Å²) in [4.78, 5) is 0. The standard InChI is InChI=1S/C19H23NO3S/c1-19(2,3)16-10-11-18(23-4)17(14-16)20-24(21,22)13-12-15-8-6-5-7-9-15/h5-14,20H,1-4H3. The van der Waals surface area contributed by atoms with Crippen LogP contribution in [0.3, 0.4) is 0 Å². The average Bonchev–Trinajstić information content (AvgIpc) is 2.53. The fourth-order valence-electron chi connectivity index (χ4n) is 2.17. The van der Waals surface area contributed by atoms with Crippen molar-refractivity contribution in [3.63, 3.8) is 0 Å². The zero-order chi connectivity index (χ0) is 17.8. The number of hydrogen-bond acceptors (Lipinski definition) is 3. The maximum Gasteiger partial charge on any atom is 0.255 e. The largest absolute Gasteiger partial charge is 0.495 e. The Morgan fingerprint density at radius 1 is 1.04 bits per heavy atom. The Bertz CT molecular complexity index is 819. The Hall–Kier alpha value is -2.27. The molecule has 128 valence electrons. The Morgan fingerprint density at radius 3 is 2.29 bits per heavy atom. The summed E-state index contributed by atoms with van der Waals surface area (Å²) < 4.78 is 32.5. The van der Waals surface area contributed by atoms with Crippen molar-refractivity contribution in [2.24, 2.45) is 0 Å². The van der Waals surface area contributed by atoms with Crippen molar-refractivity contribution in [2.75, 3.05) is 11.8 Å². The minimum absolute atomic E-state index is 0.0909. The van der Waals surface area contributed by atoms with Gasteiger partial charge in [-0.1, -0.05) is 57.2 Å². The van der Waals surface area contributed by atoms with E-state index in [1.54, 1.807) is 12.1 Å². The predicted octanol–water partition coefficient (Wildman–Crippen LogP) is 4.41. The first kappa shape index (κ1) is 18.1. The topological polar surface area (TPSA) is 55.4 Å². The molecule has 4 nitrogen and oxygen atoms in total. The quantitative estimate of drug-likeness (QED) is 0.873. The van der Waals surface area contributed by atoms with Crippen molar-refractivity contribution in [1.29, 1.82) is 0 Å². The lowest BCUT2D eigenvalue weighted by Crippen LogP contribution is -2.14. The fourth-order valence-corrected chi connectivity index (χ4v) is 3.04. The molecule has 2 rings (SSSR count). The van der Waals surface area contributed by atoms with Crippen LogP contribution in [0.15, 0.2) is 53.9 Å². The Balaban J connectivity index is 2.30. The third kappa shape index (κ3) is 4.86. The summed E-state index contributed by atoms with van der Waals surface area (Å²) >= 11 is 0. The van der Waals surface area contributed by atoms with E-state index in [2.05, 4.69) is 25.5 Å². The number of ether oxygens (including phenoxy) is 1. The van der Waals surface area contributed by atoms with Gasteiger partial charge in [-0.15, -0.1) is 0 Å². The molecule has 0 heterocycles. The third-order valence-electron chi connectivity index (χ3n) is 3.56. The second-order valence-corrected chi connectivity index (χ2v) is 8.09. The highest BCUT2D eigenvalue weighted by molar-refractivity contribution is 7.95. The second-order valence-electron chi connectivity index (χ2n) is 6.53. The molecule has 0 atom stereocenters. The van der Waals surface area contributed by atoms with Gasteiger partial charge in [0.2, 0.25) is 0 Å². The van der Waals surface area contributed by atoms with Gasteiger partial charge in [0.25, 0.3) is 10.0 Å². The molecule has 1 N–H and O–H groups in total. The van der Waals surface area contributed by atoms with E-state index in [-0.39, 0.29) is 5.41 Å². The number of rotatable bonds is 5. The molecule has 0 aromatic heterocycles. The van der Waals surface area contributed by atoms with Crippen molar-refractivity contribution in [3.05, 3.63) is 65.1 Å². The number of methoxy groups -OCH3 is 1. The van der Waals surface area contributed by atoms with Gasteiger partial charge < -0.3 is 4.74 Å². The highest BCUT2D eigenvalue weighted by atomic mass is 32.2. The van der Waals surface area contributed by atoms with Gasteiger partial charge in [0.05, 0.1) is 18.2 Å². The predicted molar refractivity (Wildman–Crippen MR) is 99.7 cm³/mol. The van der Waals surface area contributed by atoms with E-state index in [1.165, 1.54) is 7.11 Å². The van der Waals surface area contributed by atoms with Crippen LogP contribution in [0.25, 0.3) is 6.08 Å². The lowest BCUT2D eigenvalue weighted by Gasteiger charge is -2.21. The highest BCUT2D eigenvalue weighted by Crippen LogP contribution is 2.32. The Morgan fingerprint density at radius 2 is 1.71 bits per heavy atom. The second kappa shape index (κ2) is 7.09. The lowest BCUT2D eigenvalue weighted by molar-refractivity contribution is 0.416. The van der Waals surface area contributed by atoms with Crippen LogP contribution in [0, 0.1) is 0 Å². The van der Waals surface area contributed by atoms with E-state index < -0.39 is 10.0 Å². The van der Waals surface area contributed by atoms with Gasteiger partial charge in [-0.2, -0.15) is 0 Å². The molecule has 24 heavy (non-hydrogen) atoms. The van der Waals surface area contributed by atoms with Crippen molar-refractivity contribution in [3.8, 4) is 5.75 Å². The van der Waals surface area contributed by atoms with Crippen LogP contribution < -0.4 is 9.46 Å². The lowest BCUT2D eigenvalue weighted by atomic mass is 9.87. The van der Waals surface area contributed by atoms with E-state index in [9.17, 15) is 8.42 Å². The molecule has 0 unspecified atom stereocenters. The molecule has 0 aliphatic heterocycles. The molecule has 2 aromatic rings. The summed E-state index contributed by atoms with van der Waals surface area (Å²) in [5, 5.41) is 1.16. The van der Waals surface area contributed by atoms with E-state index >= 15 is 0 Å². The average molecular weight is 345 g/mol. The van der Waals surface area contributed by atoms with Gasteiger partial charge in [-0.25, -0.2) is 8.42 Å². The molecular weight excluding hydrogens is 322 g/mol. The summed E-state index contributed by atoms with van der Waals surface area (Å²) in [5.74, 6) is 0.486. The summed E-state index contributed by atoms with van der Waals surface area (Å²) in [5.41, 5.74) is 2.18. The Kier molecular flexibility index (Phi) is 5.34. The van der Waals surface area contributed by atoms with Gasteiger partial charge >= 0.3 is 0 Å². The monoisotopic (exact) mass is 345 g/mol. The van der Waals surface area contributed by atoms with E-state index in [0.29, 0.717) is 11.4 Å². The van der Waals surface area contributed by atoms with Crippen molar-refractivity contribution < 1.29 is 13.2 Å². The minimum atomic E-state index is -3.64. The fraction of sp³-hybridized carbons (Fsp3) is 0.263. The molecule has 0 spiro atoms. The number of nitrogens with one attached hydrogen (secondary N) is 1. The van der Waals surface area contributed by atoms with Gasteiger partial charge in [0, 0.05) is 0 Å². The molecule has 0 saturated heterocycles. The van der Waals surface area contributed by atoms with Crippen LogP contribution in [0.1, 0.15) is 31.9 Å². The molecule has 0 saturated carbocycles. The molecule has 0 bridgehead atoms. The normalized spacial score (nSPS) is 12.3. The summed E-state index contributed by atoms with van der Waals surface area (Å²) in [6.07, 6.45) is 1.56. The number of benzene rings is 2. The SMILES string of the molecule is COc1ccc(C(C)(C)C)cc1NS(=O)(=O)C=Cc1ccccc1. The molecular formula is C19H23NO3S. The molecule has 0 amide bonds. The van der Waals surface area contributed by atoms with Gasteiger partial charge in [-0.3, -0.25) is 4.72 Å². The molecule has 0 aliphatic rings. The highest BCUT2D eigenvalue weighted by Gasteiger charge is 2.17. The van der Waals surface area contributed by atoms with Crippen LogP contribution in [0.5, 0.6) is 5.75 Å². The third-order valence-corrected chi connectivity index (χ3v) is 4.56. The first-order valence-corrected chi connectivity index (χ1v) is 9.20. The Labute approximate surface area is 144 Å². The smallest absolute Gasteiger partial charge is 0.255 e. The van der Waals surface area contributed by atoms with Crippen LogP contribution in [0.2, 0.25) is 0 Å². The zero-order valence-corrected chi connectivity index (χ0v) is 15.2. The number of anilines is 1. The first-order valence-electron chi connectivity index (χ1n) is 7.66. The van der Waals surface area contributed by atoms with Crippen LogP contribution >= 0.6 is 0 Å². The van der Waals surface area contributed by atoms with Gasteiger partial charge in [0.1, 0.15) is 5.75 Å². The summed E-state index contributed by atoms with van der Waals surface area (Å²) in [7, 11) is -2.12. The van der Waals surface area contributed by atoms with Crippen LogP contribution in [0.4, 0.5) is 5.69 Å². The molecule has 5 heteroatoms. The minimum Gasteiger partial charge on any atom is -0.495 e. The summed E-state index contributed by atoms with van der Waals surface area (Å²) in [6, 6.07) is 14.8. The number of sulfonamides is 1. The van der Waals surface area contributed by atoms with E-state index in [0.717, 1.165) is 16.5 Å². The first-order chi connectivity index (χ1) is 11.2. The van der Waals surface area contributed by atoms with Crippen LogP contribution in [-0.2, 0) is 15.4 Å². The molecule has 0 aliphatic carbocycles. The maximum absolute atomic E-state index is 12.3. The molecule has 0 fully saturated rings. The van der Waals surface area contributed by atoms with Crippen molar-refractivity contribution in [2.45, 2.75) is 26.2 Å². The summed E-state index contributed by atoms with van der Waals surface area (Å²) in [6.45, 7) is 6.22. The molecule has 0 radical (unpaired) electrons. The van der Waals surface area contributed by atoms with Gasteiger partial charge in [-0.05, 0) is 34.8 Å². The zero-order valence-electron chi connectivity index (χ0n) is 14.4.